The molecule has 0 radical (unpaired) electrons. The fraction of sp³-hybridized carbons (Fsp3) is 0.353. The van der Waals surface area contributed by atoms with Crippen LogP contribution < -0.4 is 5.32 Å². The van der Waals surface area contributed by atoms with E-state index in [0.717, 1.165) is 10.0 Å². The van der Waals surface area contributed by atoms with E-state index < -0.39 is 31.1 Å². The van der Waals surface area contributed by atoms with Gasteiger partial charge in [0.1, 0.15) is 24.6 Å². The molecule has 0 aliphatic carbocycles. The van der Waals surface area contributed by atoms with Crippen molar-refractivity contribution in [2.24, 2.45) is 0 Å². The van der Waals surface area contributed by atoms with Crippen molar-refractivity contribution in [3.8, 4) is 0 Å². The topological polar surface area (TPSA) is 126 Å². The molecule has 3 heterocycles. The number of ether oxygens (including phenoxy) is 1. The number of aliphatic hydroxyl groups excluding tert-OH is 3. The number of fused-ring (bicyclic) bond motifs is 1. The minimum Gasteiger partial charge on any atom is -0.394 e. The molecule has 0 bridgehead atoms. The second-order valence-electron chi connectivity index (χ2n) is 6.22. The van der Waals surface area contributed by atoms with Gasteiger partial charge in [0.25, 0.3) is 0 Å². The summed E-state index contributed by atoms with van der Waals surface area (Å²) in [6.45, 7) is 0.142. The maximum Gasteiger partial charge on any atom is 0.167 e. The van der Waals surface area contributed by atoms with Gasteiger partial charge >= 0.3 is 0 Å². The first-order valence-electron chi connectivity index (χ1n) is 8.37. The number of nitrogens with one attached hydrogen (secondary N) is 1. The van der Waals surface area contributed by atoms with Gasteiger partial charge in [0.05, 0.1) is 12.9 Å². The first kappa shape index (κ1) is 18.3. The van der Waals surface area contributed by atoms with Gasteiger partial charge in [0.15, 0.2) is 23.2 Å². The largest absolute Gasteiger partial charge is 0.394 e. The number of halogens is 1. The lowest BCUT2D eigenvalue weighted by Gasteiger charge is -2.16. The first-order valence-corrected chi connectivity index (χ1v) is 9.16. The van der Waals surface area contributed by atoms with Gasteiger partial charge in [0, 0.05) is 11.0 Å². The Kier molecular flexibility index (Phi) is 5.06. The van der Waals surface area contributed by atoms with Crippen LogP contribution in [0, 0.1) is 0 Å². The molecule has 0 spiro atoms. The van der Waals surface area contributed by atoms with Crippen molar-refractivity contribution in [1.82, 2.24) is 19.5 Å². The molecule has 9 nitrogen and oxygen atoms in total. The Morgan fingerprint density at radius 3 is 2.70 bits per heavy atom. The van der Waals surface area contributed by atoms with Crippen LogP contribution in [0.3, 0.4) is 0 Å². The first-order chi connectivity index (χ1) is 13.1. The van der Waals surface area contributed by atoms with Gasteiger partial charge in [-0.2, -0.15) is 0 Å². The second-order valence-corrected chi connectivity index (χ2v) is 7.07. The molecule has 2 aromatic heterocycles. The molecule has 4 N–H and O–H groups in total. The van der Waals surface area contributed by atoms with Crippen molar-refractivity contribution < 1.29 is 20.1 Å². The summed E-state index contributed by atoms with van der Waals surface area (Å²) in [5.74, 6) is 0.543. The molecule has 1 fully saturated rings. The lowest BCUT2D eigenvalue weighted by atomic mass is 10.1. The van der Waals surface area contributed by atoms with Crippen LogP contribution in [0.25, 0.3) is 11.2 Å². The van der Waals surface area contributed by atoms with E-state index in [4.69, 9.17) is 4.74 Å². The highest BCUT2D eigenvalue weighted by Gasteiger charge is 2.44. The molecule has 1 saturated heterocycles. The fourth-order valence-corrected chi connectivity index (χ4v) is 3.52. The summed E-state index contributed by atoms with van der Waals surface area (Å²) in [5.41, 5.74) is 2.03. The number of hydrogen-bond donors (Lipinski definition) is 4. The summed E-state index contributed by atoms with van der Waals surface area (Å²) < 4.78 is 8.08. The lowest BCUT2D eigenvalue weighted by molar-refractivity contribution is -0.0511. The molecule has 4 atom stereocenters. The Hall–Kier alpha value is -2.11. The zero-order chi connectivity index (χ0) is 19.0. The van der Waals surface area contributed by atoms with Gasteiger partial charge in [-0.15, -0.1) is 0 Å². The number of rotatable bonds is 5. The van der Waals surface area contributed by atoms with E-state index >= 15 is 0 Å². The van der Waals surface area contributed by atoms with Crippen LogP contribution in [0.15, 0.2) is 41.4 Å². The quantitative estimate of drug-likeness (QED) is 0.463. The highest BCUT2D eigenvalue weighted by atomic mass is 79.9. The van der Waals surface area contributed by atoms with Crippen molar-refractivity contribution in [2.75, 3.05) is 11.9 Å². The van der Waals surface area contributed by atoms with E-state index in [1.807, 2.05) is 24.3 Å². The number of aliphatic hydroxyl groups is 3. The van der Waals surface area contributed by atoms with Crippen LogP contribution in [0.2, 0.25) is 0 Å². The third-order valence-corrected chi connectivity index (χ3v) is 5.33. The number of hydrogen-bond acceptors (Lipinski definition) is 8. The molecule has 3 aromatic rings. The van der Waals surface area contributed by atoms with Gasteiger partial charge in [-0.25, -0.2) is 15.0 Å². The summed E-state index contributed by atoms with van der Waals surface area (Å²) in [7, 11) is 0. The third-order valence-electron chi connectivity index (χ3n) is 4.55. The predicted molar refractivity (Wildman–Crippen MR) is 99.8 cm³/mol. The van der Waals surface area contributed by atoms with Crippen molar-refractivity contribution in [3.05, 3.63) is 47.0 Å². The van der Waals surface area contributed by atoms with Crippen molar-refractivity contribution >= 4 is 32.9 Å². The van der Waals surface area contributed by atoms with Crippen molar-refractivity contribution in [3.63, 3.8) is 0 Å². The monoisotopic (exact) mass is 435 g/mol. The molecule has 1 unspecified atom stereocenters. The molecular weight excluding hydrogens is 418 g/mol. The standard InChI is InChI=1S/C17H18BrN5O4/c18-10-4-2-1-3-9(10)5-19-15-12-16(21-7-20-15)23(8-22-12)17-14(26)13(25)11(6-24)27-17/h1-4,7-8,11,13-14,17,24-26H,5-6H2,(H,19,20,21)/t11-,13-,14-,17?/m1/s1. The average molecular weight is 436 g/mol. The van der Waals surface area contributed by atoms with Crippen LogP contribution in [0.5, 0.6) is 0 Å². The van der Waals surface area contributed by atoms with E-state index in [1.54, 1.807) is 0 Å². The Morgan fingerprint density at radius 2 is 1.96 bits per heavy atom. The normalized spacial score (nSPS) is 25.2. The Labute approximate surface area is 162 Å². The maximum absolute atomic E-state index is 10.2. The number of anilines is 1. The van der Waals surface area contributed by atoms with Crippen LogP contribution in [-0.4, -0.2) is 59.8 Å². The van der Waals surface area contributed by atoms with E-state index in [0.29, 0.717) is 23.5 Å². The van der Waals surface area contributed by atoms with Gasteiger partial charge in [-0.1, -0.05) is 34.1 Å². The zero-order valence-corrected chi connectivity index (χ0v) is 15.7. The van der Waals surface area contributed by atoms with Crippen molar-refractivity contribution in [1.29, 1.82) is 0 Å². The van der Waals surface area contributed by atoms with Crippen LogP contribution in [-0.2, 0) is 11.3 Å². The number of aromatic nitrogens is 4. The molecule has 10 heteroatoms. The molecule has 1 aliphatic heterocycles. The number of imidazole rings is 1. The minimum atomic E-state index is -1.20. The van der Waals surface area contributed by atoms with Gasteiger partial charge in [-0.3, -0.25) is 4.57 Å². The summed E-state index contributed by atoms with van der Waals surface area (Å²) >= 11 is 3.51. The Morgan fingerprint density at radius 1 is 1.15 bits per heavy atom. The SMILES string of the molecule is OC[C@H]1OC(n2cnc3c(NCc4ccccc4Br)ncnc32)[C@H](O)[C@@H]1O. The second kappa shape index (κ2) is 7.49. The Bertz CT molecular complexity index is 952. The van der Waals surface area contributed by atoms with Crippen LogP contribution >= 0.6 is 15.9 Å². The van der Waals surface area contributed by atoms with Crippen LogP contribution in [0.4, 0.5) is 5.82 Å². The summed E-state index contributed by atoms with van der Waals surface area (Å²) in [4.78, 5) is 12.8. The molecule has 1 aromatic carbocycles. The van der Waals surface area contributed by atoms with Gasteiger partial charge < -0.3 is 25.4 Å². The van der Waals surface area contributed by atoms with E-state index in [9.17, 15) is 15.3 Å². The van der Waals surface area contributed by atoms with E-state index in [1.165, 1.54) is 17.2 Å². The molecule has 0 saturated carbocycles. The summed E-state index contributed by atoms with van der Waals surface area (Å²) in [6, 6.07) is 7.85. The van der Waals surface area contributed by atoms with Crippen molar-refractivity contribution in [2.45, 2.75) is 31.1 Å². The molecular formula is C17H18BrN5O4. The maximum atomic E-state index is 10.2. The lowest BCUT2D eigenvalue weighted by Crippen LogP contribution is -2.33. The van der Waals surface area contributed by atoms with E-state index in [2.05, 4.69) is 36.2 Å². The zero-order valence-electron chi connectivity index (χ0n) is 14.1. The molecule has 0 amide bonds. The van der Waals surface area contributed by atoms with Gasteiger partial charge in [0.2, 0.25) is 0 Å². The predicted octanol–water partition coefficient (Wildman–Crippen LogP) is 0.812. The van der Waals surface area contributed by atoms with E-state index in [-0.39, 0.29) is 0 Å². The van der Waals surface area contributed by atoms with Crippen LogP contribution in [0.1, 0.15) is 11.8 Å². The fourth-order valence-electron chi connectivity index (χ4n) is 3.10. The Balaban J connectivity index is 1.61. The minimum absolute atomic E-state index is 0.394. The summed E-state index contributed by atoms with van der Waals surface area (Å²) in [5, 5.41) is 32.7. The highest BCUT2D eigenvalue weighted by molar-refractivity contribution is 9.10. The smallest absolute Gasteiger partial charge is 0.167 e. The highest BCUT2D eigenvalue weighted by Crippen LogP contribution is 2.32. The molecule has 1 aliphatic rings. The molecule has 27 heavy (non-hydrogen) atoms. The summed E-state index contributed by atoms with van der Waals surface area (Å²) in [6.07, 6.45) is -1.28. The number of benzene rings is 1. The third kappa shape index (κ3) is 3.30. The molecule has 4 rings (SSSR count). The van der Waals surface area contributed by atoms with Gasteiger partial charge in [-0.05, 0) is 11.6 Å². The number of nitrogens with zero attached hydrogens (tertiary/aromatic N) is 4. The molecule has 142 valence electrons. The average Bonchev–Trinajstić information content (AvgIpc) is 3.23.